The van der Waals surface area contributed by atoms with E-state index >= 15 is 0 Å². The molecule has 1 saturated heterocycles. The van der Waals surface area contributed by atoms with E-state index in [0.717, 1.165) is 5.56 Å². The van der Waals surface area contributed by atoms with Gasteiger partial charge in [0.25, 0.3) is 0 Å². The van der Waals surface area contributed by atoms with Crippen LogP contribution in [0.5, 0.6) is 0 Å². The standard InChI is InChI=1S/C14H17ClN2O3/c15-12-4-2-1-3-11(12)9-13(19)16-5-7-17(8-6-16)14(20)10-18/h1-4,18H,5-10H2. The van der Waals surface area contributed by atoms with Crippen molar-refractivity contribution >= 4 is 23.4 Å². The van der Waals surface area contributed by atoms with Crippen LogP contribution < -0.4 is 0 Å². The van der Waals surface area contributed by atoms with E-state index in [1.165, 1.54) is 0 Å². The molecule has 0 saturated carbocycles. The van der Waals surface area contributed by atoms with Gasteiger partial charge in [-0.3, -0.25) is 9.59 Å². The van der Waals surface area contributed by atoms with Crippen molar-refractivity contribution in [3.8, 4) is 0 Å². The Hall–Kier alpha value is -1.59. The van der Waals surface area contributed by atoms with Gasteiger partial charge in [0.2, 0.25) is 11.8 Å². The lowest BCUT2D eigenvalue weighted by Gasteiger charge is -2.34. The molecule has 0 aromatic heterocycles. The molecule has 0 bridgehead atoms. The summed E-state index contributed by atoms with van der Waals surface area (Å²) >= 11 is 6.04. The molecule has 2 amide bonds. The molecule has 0 spiro atoms. The van der Waals surface area contributed by atoms with Gasteiger partial charge in [-0.2, -0.15) is 0 Å². The summed E-state index contributed by atoms with van der Waals surface area (Å²) in [5, 5.41) is 9.39. The first-order valence-electron chi connectivity index (χ1n) is 6.51. The lowest BCUT2D eigenvalue weighted by Crippen LogP contribution is -2.51. The smallest absolute Gasteiger partial charge is 0.248 e. The van der Waals surface area contributed by atoms with Crippen LogP contribution in [0.4, 0.5) is 0 Å². The fourth-order valence-electron chi connectivity index (χ4n) is 2.22. The number of rotatable bonds is 3. The van der Waals surface area contributed by atoms with Crippen molar-refractivity contribution in [1.29, 1.82) is 0 Å². The molecule has 2 rings (SSSR count). The molecular formula is C14H17ClN2O3. The number of hydrogen-bond acceptors (Lipinski definition) is 3. The topological polar surface area (TPSA) is 60.9 Å². The van der Waals surface area contributed by atoms with Crippen molar-refractivity contribution in [1.82, 2.24) is 9.80 Å². The van der Waals surface area contributed by atoms with Crippen molar-refractivity contribution in [2.45, 2.75) is 6.42 Å². The van der Waals surface area contributed by atoms with Crippen LogP contribution in [0.2, 0.25) is 5.02 Å². The van der Waals surface area contributed by atoms with Gasteiger partial charge in [0.1, 0.15) is 6.61 Å². The van der Waals surface area contributed by atoms with Crippen LogP contribution in [0.15, 0.2) is 24.3 Å². The molecule has 6 heteroatoms. The van der Waals surface area contributed by atoms with Crippen molar-refractivity contribution in [2.24, 2.45) is 0 Å². The Bertz CT molecular complexity index is 499. The van der Waals surface area contributed by atoms with Crippen LogP contribution in [-0.4, -0.2) is 59.5 Å². The fourth-order valence-corrected chi connectivity index (χ4v) is 2.42. The third kappa shape index (κ3) is 3.49. The summed E-state index contributed by atoms with van der Waals surface area (Å²) in [7, 11) is 0. The first-order chi connectivity index (χ1) is 9.61. The molecule has 1 heterocycles. The largest absolute Gasteiger partial charge is 0.387 e. The molecule has 0 unspecified atom stereocenters. The van der Waals surface area contributed by atoms with E-state index in [4.69, 9.17) is 16.7 Å². The third-order valence-electron chi connectivity index (χ3n) is 3.42. The number of hydrogen-bond donors (Lipinski definition) is 1. The van der Waals surface area contributed by atoms with Crippen molar-refractivity contribution in [3.63, 3.8) is 0 Å². The minimum Gasteiger partial charge on any atom is -0.387 e. The van der Waals surface area contributed by atoms with Gasteiger partial charge < -0.3 is 14.9 Å². The van der Waals surface area contributed by atoms with Crippen LogP contribution >= 0.6 is 11.6 Å². The molecule has 1 N–H and O–H groups in total. The predicted octanol–water partition coefficient (Wildman–Crippen LogP) is 0.546. The first-order valence-corrected chi connectivity index (χ1v) is 6.89. The van der Waals surface area contributed by atoms with Crippen LogP contribution in [0.3, 0.4) is 0 Å². The first kappa shape index (κ1) is 14.8. The second kappa shape index (κ2) is 6.72. The minimum atomic E-state index is -0.479. The number of nitrogens with zero attached hydrogens (tertiary/aromatic N) is 2. The number of benzene rings is 1. The van der Waals surface area contributed by atoms with Gasteiger partial charge in [0.05, 0.1) is 6.42 Å². The second-order valence-corrected chi connectivity index (χ2v) is 5.10. The molecule has 1 aliphatic rings. The van der Waals surface area contributed by atoms with Crippen LogP contribution in [0.1, 0.15) is 5.56 Å². The Morgan fingerprint density at radius 1 is 1.05 bits per heavy atom. The molecule has 0 atom stereocenters. The van der Waals surface area contributed by atoms with Gasteiger partial charge >= 0.3 is 0 Å². The van der Waals surface area contributed by atoms with E-state index in [1.54, 1.807) is 15.9 Å². The summed E-state index contributed by atoms with van der Waals surface area (Å²) in [6, 6.07) is 7.29. The van der Waals surface area contributed by atoms with E-state index in [2.05, 4.69) is 0 Å². The zero-order valence-corrected chi connectivity index (χ0v) is 11.8. The van der Waals surface area contributed by atoms with E-state index in [9.17, 15) is 9.59 Å². The number of halogens is 1. The zero-order valence-electron chi connectivity index (χ0n) is 11.1. The summed E-state index contributed by atoms with van der Waals surface area (Å²) in [6.07, 6.45) is 0.271. The number of piperazine rings is 1. The van der Waals surface area contributed by atoms with Crippen LogP contribution in [0, 0.1) is 0 Å². The Balaban J connectivity index is 1.89. The van der Waals surface area contributed by atoms with Gasteiger partial charge in [-0.15, -0.1) is 0 Å². The summed E-state index contributed by atoms with van der Waals surface area (Å²) < 4.78 is 0. The molecule has 1 fully saturated rings. The third-order valence-corrected chi connectivity index (χ3v) is 3.79. The van der Waals surface area contributed by atoms with Gasteiger partial charge in [-0.25, -0.2) is 0 Å². The molecule has 108 valence electrons. The molecule has 1 aromatic rings. The Morgan fingerprint density at radius 3 is 2.15 bits per heavy atom. The second-order valence-electron chi connectivity index (χ2n) is 4.69. The average molecular weight is 297 g/mol. The highest BCUT2D eigenvalue weighted by molar-refractivity contribution is 6.31. The Kier molecular flexibility index (Phi) is 4.98. The highest BCUT2D eigenvalue weighted by Crippen LogP contribution is 2.16. The molecule has 1 aromatic carbocycles. The maximum Gasteiger partial charge on any atom is 0.248 e. The van der Waals surface area contributed by atoms with E-state index in [1.807, 2.05) is 18.2 Å². The average Bonchev–Trinajstić information content (AvgIpc) is 2.49. The van der Waals surface area contributed by atoms with Crippen molar-refractivity contribution in [3.05, 3.63) is 34.9 Å². The molecule has 1 aliphatic heterocycles. The van der Waals surface area contributed by atoms with Gasteiger partial charge in [0, 0.05) is 31.2 Å². The Morgan fingerprint density at radius 2 is 1.60 bits per heavy atom. The van der Waals surface area contributed by atoms with Crippen LogP contribution in [-0.2, 0) is 16.0 Å². The zero-order chi connectivity index (χ0) is 14.5. The van der Waals surface area contributed by atoms with Crippen LogP contribution in [0.25, 0.3) is 0 Å². The van der Waals surface area contributed by atoms with Crippen molar-refractivity contribution < 1.29 is 14.7 Å². The molecule has 0 aliphatic carbocycles. The SMILES string of the molecule is O=C(CO)N1CCN(C(=O)Cc2ccccc2Cl)CC1. The van der Waals surface area contributed by atoms with Gasteiger partial charge in [-0.05, 0) is 11.6 Å². The predicted molar refractivity (Wildman–Crippen MR) is 75.4 cm³/mol. The molecular weight excluding hydrogens is 280 g/mol. The monoisotopic (exact) mass is 296 g/mol. The highest BCUT2D eigenvalue weighted by Gasteiger charge is 2.23. The summed E-state index contributed by atoms with van der Waals surface area (Å²) in [5.74, 6) is -0.280. The fraction of sp³-hybridized carbons (Fsp3) is 0.429. The van der Waals surface area contributed by atoms with E-state index in [-0.39, 0.29) is 18.2 Å². The minimum absolute atomic E-state index is 0.00852. The van der Waals surface area contributed by atoms with E-state index < -0.39 is 6.61 Å². The number of carbonyl (C=O) groups excluding carboxylic acids is 2. The number of aliphatic hydroxyl groups is 1. The Labute approximate surface area is 122 Å². The number of aliphatic hydroxyl groups excluding tert-OH is 1. The van der Waals surface area contributed by atoms with E-state index in [0.29, 0.717) is 31.2 Å². The summed E-state index contributed by atoms with van der Waals surface area (Å²) in [4.78, 5) is 26.8. The summed E-state index contributed by atoms with van der Waals surface area (Å²) in [5.41, 5.74) is 0.813. The molecule has 5 nitrogen and oxygen atoms in total. The molecule has 0 radical (unpaired) electrons. The maximum atomic E-state index is 12.2. The highest BCUT2D eigenvalue weighted by atomic mass is 35.5. The molecule has 20 heavy (non-hydrogen) atoms. The number of amides is 2. The quantitative estimate of drug-likeness (QED) is 0.886. The summed E-state index contributed by atoms with van der Waals surface area (Å²) in [6.45, 7) is 1.44. The lowest BCUT2D eigenvalue weighted by molar-refractivity contribution is -0.140. The maximum absolute atomic E-state index is 12.2. The van der Waals surface area contributed by atoms with Gasteiger partial charge in [0.15, 0.2) is 0 Å². The number of carbonyl (C=O) groups is 2. The normalized spacial score (nSPS) is 15.3. The van der Waals surface area contributed by atoms with Gasteiger partial charge in [-0.1, -0.05) is 29.8 Å². The van der Waals surface area contributed by atoms with Crippen molar-refractivity contribution in [2.75, 3.05) is 32.8 Å². The lowest BCUT2D eigenvalue weighted by atomic mass is 10.1.